The van der Waals surface area contributed by atoms with Crippen molar-refractivity contribution in [3.05, 3.63) is 35.5 Å². The zero-order valence-corrected chi connectivity index (χ0v) is 13.9. The molecule has 1 fully saturated rings. The van der Waals surface area contributed by atoms with Crippen LogP contribution in [0.3, 0.4) is 0 Å². The molecule has 6 nitrogen and oxygen atoms in total. The average Bonchev–Trinajstić information content (AvgIpc) is 3.03. The van der Waals surface area contributed by atoms with Crippen molar-refractivity contribution in [2.24, 2.45) is 0 Å². The van der Waals surface area contributed by atoms with Crippen molar-refractivity contribution in [3.8, 4) is 17.5 Å². The molecule has 3 rings (SSSR count). The Morgan fingerprint density at radius 1 is 1.29 bits per heavy atom. The first-order valence-electron chi connectivity index (χ1n) is 8.29. The zero-order valence-electron chi connectivity index (χ0n) is 13.9. The van der Waals surface area contributed by atoms with Crippen LogP contribution in [0.5, 0.6) is 0 Å². The van der Waals surface area contributed by atoms with E-state index in [1.54, 1.807) is 0 Å². The maximum absolute atomic E-state index is 9.27. The molecule has 2 heterocycles. The molecule has 1 aromatic carbocycles. The Labute approximate surface area is 142 Å². The fourth-order valence-electron chi connectivity index (χ4n) is 2.77. The second-order valence-electron chi connectivity index (χ2n) is 5.86. The van der Waals surface area contributed by atoms with Crippen LogP contribution < -0.4 is 5.32 Å². The summed E-state index contributed by atoms with van der Waals surface area (Å²) in [6.07, 6.45) is 0.977. The summed E-state index contributed by atoms with van der Waals surface area (Å²) < 4.78 is 11.1. The number of nitrogens with one attached hydrogen (secondary N) is 1. The van der Waals surface area contributed by atoms with E-state index in [-0.39, 0.29) is 0 Å². The lowest BCUT2D eigenvalue weighted by Crippen LogP contribution is -2.37. The third-order valence-electron chi connectivity index (χ3n) is 4.15. The first-order valence-corrected chi connectivity index (χ1v) is 8.29. The number of aromatic nitrogens is 1. The molecule has 1 aliphatic heterocycles. The van der Waals surface area contributed by atoms with Crippen molar-refractivity contribution >= 4 is 5.88 Å². The number of hydrogen-bond donors (Lipinski definition) is 1. The van der Waals surface area contributed by atoms with Crippen LogP contribution in [0.2, 0.25) is 0 Å². The molecular formula is C18H22N4O2. The van der Waals surface area contributed by atoms with Gasteiger partial charge in [-0.2, -0.15) is 10.2 Å². The van der Waals surface area contributed by atoms with Crippen LogP contribution in [0, 0.1) is 18.3 Å². The molecule has 0 aliphatic carbocycles. The summed E-state index contributed by atoms with van der Waals surface area (Å²) in [6, 6.07) is 9.96. The fraction of sp³-hybridized carbons (Fsp3) is 0.444. The molecular weight excluding hydrogens is 304 g/mol. The summed E-state index contributed by atoms with van der Waals surface area (Å²) in [7, 11) is 0. The molecule has 2 aromatic rings. The molecule has 6 heteroatoms. The number of nitrogens with zero attached hydrogens (tertiary/aromatic N) is 3. The van der Waals surface area contributed by atoms with Crippen molar-refractivity contribution < 1.29 is 9.15 Å². The maximum Gasteiger partial charge on any atom is 0.232 e. The van der Waals surface area contributed by atoms with Gasteiger partial charge < -0.3 is 14.5 Å². The van der Waals surface area contributed by atoms with Crippen LogP contribution in [-0.4, -0.2) is 49.3 Å². The highest BCUT2D eigenvalue weighted by Crippen LogP contribution is 2.27. The number of oxazole rings is 1. The second kappa shape index (κ2) is 7.95. The van der Waals surface area contributed by atoms with Gasteiger partial charge in [-0.1, -0.05) is 18.2 Å². The predicted molar refractivity (Wildman–Crippen MR) is 91.8 cm³/mol. The van der Waals surface area contributed by atoms with E-state index in [1.807, 2.05) is 31.2 Å². The highest BCUT2D eigenvalue weighted by molar-refractivity contribution is 5.62. The van der Waals surface area contributed by atoms with E-state index in [1.165, 1.54) is 0 Å². The summed E-state index contributed by atoms with van der Waals surface area (Å²) >= 11 is 0. The van der Waals surface area contributed by atoms with Gasteiger partial charge in [0.05, 0.1) is 13.2 Å². The van der Waals surface area contributed by atoms with Crippen LogP contribution in [0.1, 0.15) is 17.7 Å². The van der Waals surface area contributed by atoms with Crippen molar-refractivity contribution in [2.45, 2.75) is 13.3 Å². The molecule has 0 saturated carbocycles. The average molecular weight is 326 g/mol. The van der Waals surface area contributed by atoms with Gasteiger partial charge >= 0.3 is 0 Å². The SMILES string of the molecule is Cc1ccccc1-c1nc(C#N)c(NCCCN2CCOCC2)o1. The Morgan fingerprint density at radius 3 is 2.83 bits per heavy atom. The highest BCUT2D eigenvalue weighted by Gasteiger charge is 2.15. The Kier molecular flexibility index (Phi) is 5.47. The fourth-order valence-corrected chi connectivity index (χ4v) is 2.77. The molecule has 0 unspecified atom stereocenters. The smallest absolute Gasteiger partial charge is 0.232 e. The van der Waals surface area contributed by atoms with Gasteiger partial charge in [0.25, 0.3) is 0 Å². The van der Waals surface area contributed by atoms with Gasteiger partial charge in [-0.25, -0.2) is 0 Å². The van der Waals surface area contributed by atoms with Gasteiger partial charge in [-0.3, -0.25) is 4.90 Å². The Hall–Kier alpha value is -2.36. The first kappa shape index (κ1) is 16.5. The molecule has 0 amide bonds. The molecule has 126 valence electrons. The third kappa shape index (κ3) is 3.94. The van der Waals surface area contributed by atoms with Crippen LogP contribution in [-0.2, 0) is 4.74 Å². The van der Waals surface area contributed by atoms with E-state index >= 15 is 0 Å². The zero-order chi connectivity index (χ0) is 16.8. The summed E-state index contributed by atoms with van der Waals surface area (Å²) in [6.45, 7) is 7.36. The number of aryl methyl sites for hydroxylation is 1. The van der Waals surface area contributed by atoms with Gasteiger partial charge in [-0.15, -0.1) is 0 Å². The lowest BCUT2D eigenvalue weighted by molar-refractivity contribution is 0.0378. The number of rotatable bonds is 6. The summed E-state index contributed by atoms with van der Waals surface area (Å²) in [5, 5.41) is 12.5. The molecule has 24 heavy (non-hydrogen) atoms. The van der Waals surface area contributed by atoms with E-state index in [2.05, 4.69) is 21.3 Å². The first-order chi connectivity index (χ1) is 11.8. The topological polar surface area (TPSA) is 74.3 Å². The summed E-state index contributed by atoms with van der Waals surface area (Å²) in [5.41, 5.74) is 2.29. The Morgan fingerprint density at radius 2 is 2.08 bits per heavy atom. The quantitative estimate of drug-likeness (QED) is 0.823. The number of anilines is 1. The number of morpholine rings is 1. The maximum atomic E-state index is 9.27. The van der Waals surface area contributed by atoms with Gasteiger partial charge in [0.15, 0.2) is 0 Å². The van der Waals surface area contributed by atoms with Crippen LogP contribution in [0.4, 0.5) is 5.88 Å². The van der Waals surface area contributed by atoms with Gasteiger partial charge in [-0.05, 0) is 31.5 Å². The minimum absolute atomic E-state index is 0.305. The standard InChI is InChI=1S/C18H22N4O2/c1-14-5-2-3-6-15(14)17-21-16(13-19)18(24-17)20-7-4-8-22-9-11-23-12-10-22/h2-3,5-6,20H,4,7-12H2,1H3. The minimum Gasteiger partial charge on any atom is -0.419 e. The van der Waals surface area contributed by atoms with Gasteiger partial charge in [0, 0.05) is 25.2 Å². The number of hydrogen-bond acceptors (Lipinski definition) is 6. The number of benzene rings is 1. The van der Waals surface area contributed by atoms with E-state index in [4.69, 9.17) is 9.15 Å². The molecule has 0 bridgehead atoms. The highest BCUT2D eigenvalue weighted by atomic mass is 16.5. The number of nitriles is 1. The Balaban J connectivity index is 1.59. The van der Waals surface area contributed by atoms with Crippen LogP contribution in [0.25, 0.3) is 11.5 Å². The lowest BCUT2D eigenvalue weighted by atomic mass is 10.1. The van der Waals surface area contributed by atoms with Gasteiger partial charge in [0.1, 0.15) is 6.07 Å². The predicted octanol–water partition coefficient (Wildman–Crippen LogP) is 2.66. The molecule has 0 radical (unpaired) electrons. The molecule has 1 aromatic heterocycles. The van der Waals surface area contributed by atoms with Crippen LogP contribution in [0.15, 0.2) is 28.7 Å². The van der Waals surface area contributed by atoms with Gasteiger partial charge in [0.2, 0.25) is 17.5 Å². The second-order valence-corrected chi connectivity index (χ2v) is 5.86. The van der Waals surface area contributed by atoms with Crippen molar-refractivity contribution in [1.82, 2.24) is 9.88 Å². The monoisotopic (exact) mass is 326 g/mol. The molecule has 0 atom stereocenters. The number of ether oxygens (including phenoxy) is 1. The molecule has 1 N–H and O–H groups in total. The third-order valence-corrected chi connectivity index (χ3v) is 4.15. The summed E-state index contributed by atoms with van der Waals surface area (Å²) in [5.74, 6) is 0.943. The van der Waals surface area contributed by atoms with E-state index in [0.29, 0.717) is 17.5 Å². The van der Waals surface area contributed by atoms with Crippen LogP contribution >= 0.6 is 0 Å². The summed E-state index contributed by atoms with van der Waals surface area (Å²) in [4.78, 5) is 6.70. The Bertz CT molecular complexity index is 714. The van der Waals surface area contributed by atoms with E-state index in [0.717, 1.165) is 56.9 Å². The largest absolute Gasteiger partial charge is 0.419 e. The van der Waals surface area contributed by atoms with E-state index in [9.17, 15) is 5.26 Å². The van der Waals surface area contributed by atoms with E-state index < -0.39 is 0 Å². The van der Waals surface area contributed by atoms with Crippen molar-refractivity contribution in [3.63, 3.8) is 0 Å². The molecule has 1 saturated heterocycles. The molecule has 0 spiro atoms. The lowest BCUT2D eigenvalue weighted by Gasteiger charge is -2.26. The molecule has 1 aliphatic rings. The minimum atomic E-state index is 0.305. The normalized spacial score (nSPS) is 15.2. The van der Waals surface area contributed by atoms with Crippen molar-refractivity contribution in [2.75, 3.05) is 44.7 Å². The van der Waals surface area contributed by atoms with Crippen molar-refractivity contribution in [1.29, 1.82) is 5.26 Å².